The summed E-state index contributed by atoms with van der Waals surface area (Å²) in [5, 5.41) is 13.7. The molecular weight excluding hydrogens is 284 g/mol. The molecule has 1 aromatic carbocycles. The molecule has 4 nitrogen and oxygen atoms in total. The summed E-state index contributed by atoms with van der Waals surface area (Å²) in [5.74, 6) is -0.922. The molecule has 0 unspecified atom stereocenters. The van der Waals surface area contributed by atoms with Crippen molar-refractivity contribution in [2.45, 2.75) is 6.92 Å². The van der Waals surface area contributed by atoms with Crippen molar-refractivity contribution in [2.75, 3.05) is 5.43 Å². The fourth-order valence-corrected chi connectivity index (χ4v) is 2.29. The molecule has 98 valence electrons. The van der Waals surface area contributed by atoms with Gasteiger partial charge in [0.05, 0.1) is 16.3 Å². The van der Waals surface area contributed by atoms with Crippen LogP contribution in [0.25, 0.3) is 0 Å². The third-order valence-corrected chi connectivity index (χ3v) is 3.80. The van der Waals surface area contributed by atoms with Crippen molar-refractivity contribution in [2.24, 2.45) is 5.10 Å². The maximum atomic E-state index is 10.8. The van der Waals surface area contributed by atoms with Crippen LogP contribution in [0.15, 0.2) is 41.5 Å². The van der Waals surface area contributed by atoms with Crippen molar-refractivity contribution in [3.8, 4) is 0 Å². The Morgan fingerprint density at radius 2 is 1.84 bits per heavy atom. The number of hydrogen-bond donors (Lipinski definition) is 2. The van der Waals surface area contributed by atoms with Gasteiger partial charge in [-0.05, 0) is 43.3 Å². The average molecular weight is 295 g/mol. The Kier molecular flexibility index (Phi) is 4.19. The number of carboxylic acid groups (broad SMARTS) is 1. The molecule has 0 amide bonds. The van der Waals surface area contributed by atoms with Crippen LogP contribution < -0.4 is 5.43 Å². The van der Waals surface area contributed by atoms with Gasteiger partial charge in [0.1, 0.15) is 4.88 Å². The van der Waals surface area contributed by atoms with Crippen LogP contribution in [0.5, 0.6) is 0 Å². The number of carbonyl (C=O) groups is 1. The number of hydrazone groups is 1. The Labute approximate surface area is 119 Å². The molecule has 0 saturated carbocycles. The van der Waals surface area contributed by atoms with Crippen LogP contribution in [0, 0.1) is 0 Å². The SMILES string of the molecule is C/C(=N/Nc1ccc(Cl)cc1)c1ccc(C(=O)O)s1. The number of hydrogen-bond acceptors (Lipinski definition) is 4. The summed E-state index contributed by atoms with van der Waals surface area (Å²) >= 11 is 6.98. The first-order valence-electron chi connectivity index (χ1n) is 5.45. The van der Waals surface area contributed by atoms with Crippen LogP contribution in [0.1, 0.15) is 21.5 Å². The molecule has 0 radical (unpaired) electrons. The van der Waals surface area contributed by atoms with E-state index in [9.17, 15) is 4.79 Å². The van der Waals surface area contributed by atoms with E-state index >= 15 is 0 Å². The first-order valence-corrected chi connectivity index (χ1v) is 6.65. The Hall–Kier alpha value is -1.85. The number of nitrogens with one attached hydrogen (secondary N) is 1. The summed E-state index contributed by atoms with van der Waals surface area (Å²) in [7, 11) is 0. The van der Waals surface area contributed by atoms with Crippen molar-refractivity contribution in [1.82, 2.24) is 0 Å². The van der Waals surface area contributed by atoms with Gasteiger partial charge < -0.3 is 5.11 Å². The second kappa shape index (κ2) is 5.86. The molecule has 0 spiro atoms. The highest BCUT2D eigenvalue weighted by Gasteiger charge is 2.08. The third-order valence-electron chi connectivity index (χ3n) is 2.37. The number of thiophene rings is 1. The third kappa shape index (κ3) is 3.56. The lowest BCUT2D eigenvalue weighted by Crippen LogP contribution is -1.97. The summed E-state index contributed by atoms with van der Waals surface area (Å²) in [5.41, 5.74) is 4.44. The predicted molar refractivity (Wildman–Crippen MR) is 78.6 cm³/mol. The molecule has 0 atom stereocenters. The van der Waals surface area contributed by atoms with E-state index in [1.807, 2.05) is 19.1 Å². The lowest BCUT2D eigenvalue weighted by atomic mass is 10.3. The van der Waals surface area contributed by atoms with E-state index in [1.165, 1.54) is 11.3 Å². The highest BCUT2D eigenvalue weighted by atomic mass is 35.5. The van der Waals surface area contributed by atoms with Gasteiger partial charge in [0, 0.05) is 5.02 Å². The fourth-order valence-electron chi connectivity index (χ4n) is 1.38. The molecule has 0 aliphatic rings. The van der Waals surface area contributed by atoms with E-state index < -0.39 is 5.97 Å². The van der Waals surface area contributed by atoms with Crippen molar-refractivity contribution in [3.05, 3.63) is 51.2 Å². The Balaban J connectivity index is 2.09. The lowest BCUT2D eigenvalue weighted by Gasteiger charge is -2.01. The first kappa shape index (κ1) is 13.6. The Bertz CT molecular complexity index is 620. The van der Waals surface area contributed by atoms with Gasteiger partial charge in [-0.1, -0.05) is 11.6 Å². The van der Waals surface area contributed by atoms with Crippen LogP contribution in [0.4, 0.5) is 5.69 Å². The monoisotopic (exact) mass is 294 g/mol. The van der Waals surface area contributed by atoms with E-state index in [4.69, 9.17) is 16.7 Å². The standard InChI is InChI=1S/C13H11ClN2O2S/c1-8(11-6-7-12(19-11)13(17)18)15-16-10-4-2-9(14)3-5-10/h2-7,16H,1H3,(H,17,18)/b15-8-. The minimum atomic E-state index is -0.922. The highest BCUT2D eigenvalue weighted by Crippen LogP contribution is 2.18. The fraction of sp³-hybridized carbons (Fsp3) is 0.0769. The summed E-state index contributed by atoms with van der Waals surface area (Å²) < 4.78 is 0. The molecule has 6 heteroatoms. The van der Waals surface area contributed by atoms with Gasteiger partial charge in [-0.25, -0.2) is 4.79 Å². The number of rotatable bonds is 4. The molecule has 2 rings (SSSR count). The number of benzene rings is 1. The van der Waals surface area contributed by atoms with E-state index in [0.29, 0.717) is 9.90 Å². The van der Waals surface area contributed by atoms with E-state index in [1.54, 1.807) is 24.3 Å². The second-order valence-electron chi connectivity index (χ2n) is 3.78. The van der Waals surface area contributed by atoms with Crippen molar-refractivity contribution < 1.29 is 9.90 Å². The lowest BCUT2D eigenvalue weighted by molar-refractivity contribution is 0.0702. The molecule has 0 aliphatic heterocycles. The van der Waals surface area contributed by atoms with Gasteiger partial charge in [0.2, 0.25) is 0 Å². The molecule has 1 heterocycles. The largest absolute Gasteiger partial charge is 0.477 e. The molecule has 0 fully saturated rings. The number of carboxylic acids is 1. The van der Waals surface area contributed by atoms with Crippen LogP contribution >= 0.6 is 22.9 Å². The minimum Gasteiger partial charge on any atom is -0.477 e. The summed E-state index contributed by atoms with van der Waals surface area (Å²) in [6.07, 6.45) is 0. The second-order valence-corrected chi connectivity index (χ2v) is 5.31. The van der Waals surface area contributed by atoms with Gasteiger partial charge in [-0.2, -0.15) is 5.10 Å². The summed E-state index contributed by atoms with van der Waals surface area (Å²) in [6, 6.07) is 10.5. The van der Waals surface area contributed by atoms with E-state index in [-0.39, 0.29) is 0 Å². The highest BCUT2D eigenvalue weighted by molar-refractivity contribution is 7.15. The topological polar surface area (TPSA) is 61.7 Å². The van der Waals surface area contributed by atoms with Crippen LogP contribution in [0.3, 0.4) is 0 Å². The predicted octanol–water partition coefficient (Wildman–Crippen LogP) is 3.94. The maximum absolute atomic E-state index is 10.8. The van der Waals surface area contributed by atoms with Crippen molar-refractivity contribution in [1.29, 1.82) is 0 Å². The zero-order valence-electron chi connectivity index (χ0n) is 10.1. The minimum absolute atomic E-state index is 0.302. The van der Waals surface area contributed by atoms with Gasteiger partial charge in [-0.3, -0.25) is 5.43 Å². The van der Waals surface area contributed by atoms with Crippen LogP contribution in [-0.4, -0.2) is 16.8 Å². The number of anilines is 1. The Morgan fingerprint density at radius 1 is 1.21 bits per heavy atom. The first-order chi connectivity index (χ1) is 9.06. The smallest absolute Gasteiger partial charge is 0.345 e. The van der Waals surface area contributed by atoms with E-state index in [0.717, 1.165) is 16.3 Å². The average Bonchev–Trinajstić information content (AvgIpc) is 2.87. The van der Waals surface area contributed by atoms with Crippen LogP contribution in [0.2, 0.25) is 5.02 Å². The van der Waals surface area contributed by atoms with E-state index in [2.05, 4.69) is 10.5 Å². The van der Waals surface area contributed by atoms with Crippen molar-refractivity contribution in [3.63, 3.8) is 0 Å². The maximum Gasteiger partial charge on any atom is 0.345 e. The molecule has 0 aliphatic carbocycles. The Morgan fingerprint density at radius 3 is 2.42 bits per heavy atom. The molecule has 19 heavy (non-hydrogen) atoms. The zero-order chi connectivity index (χ0) is 13.8. The normalized spacial score (nSPS) is 11.4. The van der Waals surface area contributed by atoms with Crippen LogP contribution in [-0.2, 0) is 0 Å². The van der Waals surface area contributed by atoms with Gasteiger partial charge >= 0.3 is 5.97 Å². The molecule has 1 aromatic heterocycles. The van der Waals surface area contributed by atoms with Gasteiger partial charge in [0.15, 0.2) is 0 Å². The number of aromatic carboxylic acids is 1. The van der Waals surface area contributed by atoms with Gasteiger partial charge in [0.25, 0.3) is 0 Å². The molecule has 0 saturated heterocycles. The molecular formula is C13H11ClN2O2S. The van der Waals surface area contributed by atoms with Gasteiger partial charge in [-0.15, -0.1) is 11.3 Å². The molecule has 2 N–H and O–H groups in total. The zero-order valence-corrected chi connectivity index (χ0v) is 11.6. The summed E-state index contributed by atoms with van der Waals surface area (Å²) in [6.45, 7) is 1.82. The number of halogens is 1. The van der Waals surface area contributed by atoms with Crippen molar-refractivity contribution >= 4 is 40.3 Å². The quantitative estimate of drug-likeness (QED) is 0.663. The molecule has 2 aromatic rings. The molecule has 0 bridgehead atoms. The number of nitrogens with zero attached hydrogens (tertiary/aromatic N) is 1. The summed E-state index contributed by atoms with van der Waals surface area (Å²) in [4.78, 5) is 11.9.